The summed E-state index contributed by atoms with van der Waals surface area (Å²) in [5.74, 6) is -0.224. The second kappa shape index (κ2) is 4.85. The fourth-order valence-corrected chi connectivity index (χ4v) is 1.72. The standard InChI is InChI=1S/C11H11N3OS/c1-2-8-3-5-9(6-4-8)12-11(15)10-7-16-14-13-10/h3-7H,2H2,1H3,(H,12,15). The van der Waals surface area contributed by atoms with E-state index in [1.54, 1.807) is 5.38 Å². The molecule has 0 atom stereocenters. The van der Waals surface area contributed by atoms with Crippen LogP contribution in [0.2, 0.25) is 0 Å². The summed E-state index contributed by atoms with van der Waals surface area (Å²) in [6, 6.07) is 7.76. The summed E-state index contributed by atoms with van der Waals surface area (Å²) in [6.07, 6.45) is 0.990. The molecule has 0 aliphatic rings. The number of aromatic nitrogens is 2. The van der Waals surface area contributed by atoms with E-state index in [-0.39, 0.29) is 5.91 Å². The van der Waals surface area contributed by atoms with Gasteiger partial charge in [0.15, 0.2) is 5.69 Å². The average molecular weight is 233 g/mol. The lowest BCUT2D eigenvalue weighted by molar-refractivity contribution is 0.102. The number of aryl methyl sites for hydroxylation is 1. The minimum absolute atomic E-state index is 0.224. The lowest BCUT2D eigenvalue weighted by atomic mass is 10.1. The summed E-state index contributed by atoms with van der Waals surface area (Å²) >= 11 is 1.16. The van der Waals surface area contributed by atoms with Gasteiger partial charge in [-0.1, -0.05) is 23.5 Å². The van der Waals surface area contributed by atoms with Crippen molar-refractivity contribution in [3.05, 3.63) is 40.9 Å². The van der Waals surface area contributed by atoms with Gasteiger partial charge in [0.2, 0.25) is 0 Å². The second-order valence-electron chi connectivity index (χ2n) is 3.29. The van der Waals surface area contributed by atoms with Gasteiger partial charge in [0, 0.05) is 11.1 Å². The van der Waals surface area contributed by atoms with Gasteiger partial charge < -0.3 is 5.32 Å². The van der Waals surface area contributed by atoms with E-state index in [0.29, 0.717) is 5.69 Å². The second-order valence-corrected chi connectivity index (χ2v) is 3.90. The fourth-order valence-electron chi connectivity index (χ4n) is 1.28. The summed E-state index contributed by atoms with van der Waals surface area (Å²) in [5, 5.41) is 8.08. The minimum Gasteiger partial charge on any atom is -0.321 e. The Hall–Kier alpha value is -1.75. The number of carbonyl (C=O) groups is 1. The predicted molar refractivity (Wildman–Crippen MR) is 63.7 cm³/mol. The summed E-state index contributed by atoms with van der Waals surface area (Å²) < 4.78 is 3.64. The van der Waals surface area contributed by atoms with Crippen molar-refractivity contribution in [2.45, 2.75) is 13.3 Å². The van der Waals surface area contributed by atoms with E-state index in [0.717, 1.165) is 23.6 Å². The molecule has 82 valence electrons. The molecular formula is C11H11N3OS. The zero-order valence-corrected chi connectivity index (χ0v) is 9.62. The lowest BCUT2D eigenvalue weighted by Crippen LogP contribution is -2.12. The molecule has 16 heavy (non-hydrogen) atoms. The minimum atomic E-state index is -0.224. The molecule has 1 N–H and O–H groups in total. The molecule has 0 aliphatic heterocycles. The number of nitrogens with one attached hydrogen (secondary N) is 1. The Morgan fingerprint density at radius 1 is 1.38 bits per heavy atom. The first-order valence-corrected chi connectivity index (χ1v) is 5.80. The quantitative estimate of drug-likeness (QED) is 0.885. The number of nitrogens with zero attached hydrogens (tertiary/aromatic N) is 2. The van der Waals surface area contributed by atoms with E-state index in [9.17, 15) is 4.79 Å². The van der Waals surface area contributed by atoms with Gasteiger partial charge in [-0.05, 0) is 35.6 Å². The molecule has 0 saturated carbocycles. The molecule has 0 aliphatic carbocycles. The van der Waals surface area contributed by atoms with Crippen molar-refractivity contribution in [2.75, 3.05) is 5.32 Å². The molecule has 0 bridgehead atoms. The monoisotopic (exact) mass is 233 g/mol. The van der Waals surface area contributed by atoms with Gasteiger partial charge in [0.25, 0.3) is 5.91 Å². The molecule has 2 rings (SSSR count). The maximum absolute atomic E-state index is 11.6. The smallest absolute Gasteiger partial charge is 0.277 e. The van der Waals surface area contributed by atoms with Crippen molar-refractivity contribution in [2.24, 2.45) is 0 Å². The first-order valence-electron chi connectivity index (χ1n) is 4.97. The predicted octanol–water partition coefficient (Wildman–Crippen LogP) is 2.35. The Kier molecular flexibility index (Phi) is 3.26. The van der Waals surface area contributed by atoms with Crippen LogP contribution in [0.4, 0.5) is 5.69 Å². The van der Waals surface area contributed by atoms with Gasteiger partial charge in [-0.15, -0.1) is 5.10 Å². The first-order chi connectivity index (χ1) is 7.79. The number of rotatable bonds is 3. The van der Waals surface area contributed by atoms with E-state index >= 15 is 0 Å². The molecule has 1 aromatic heterocycles. The van der Waals surface area contributed by atoms with Crippen molar-refractivity contribution in [3.63, 3.8) is 0 Å². The molecule has 0 saturated heterocycles. The van der Waals surface area contributed by atoms with E-state index in [1.807, 2.05) is 24.3 Å². The van der Waals surface area contributed by atoms with Crippen molar-refractivity contribution in [3.8, 4) is 0 Å². The Balaban J connectivity index is 2.06. The van der Waals surface area contributed by atoms with Crippen molar-refractivity contribution >= 4 is 23.1 Å². The van der Waals surface area contributed by atoms with Gasteiger partial charge in [-0.2, -0.15) is 0 Å². The van der Waals surface area contributed by atoms with Crippen LogP contribution >= 0.6 is 11.5 Å². The highest BCUT2D eigenvalue weighted by atomic mass is 32.1. The summed E-state index contributed by atoms with van der Waals surface area (Å²) in [4.78, 5) is 11.6. The third kappa shape index (κ3) is 2.43. The first kappa shape index (κ1) is 10.8. The van der Waals surface area contributed by atoms with Gasteiger partial charge in [0.1, 0.15) is 0 Å². The highest BCUT2D eigenvalue weighted by molar-refractivity contribution is 7.03. The third-order valence-corrected chi connectivity index (χ3v) is 2.72. The summed E-state index contributed by atoms with van der Waals surface area (Å²) in [5.41, 5.74) is 2.37. The lowest BCUT2D eigenvalue weighted by Gasteiger charge is -2.03. The van der Waals surface area contributed by atoms with E-state index in [1.165, 1.54) is 5.56 Å². The van der Waals surface area contributed by atoms with Crippen molar-refractivity contribution < 1.29 is 4.79 Å². The number of hydrogen-bond donors (Lipinski definition) is 1. The Morgan fingerprint density at radius 2 is 2.12 bits per heavy atom. The number of benzene rings is 1. The highest BCUT2D eigenvalue weighted by Gasteiger charge is 2.08. The van der Waals surface area contributed by atoms with E-state index in [4.69, 9.17) is 0 Å². The number of hydrogen-bond acceptors (Lipinski definition) is 4. The number of carbonyl (C=O) groups excluding carboxylic acids is 1. The molecule has 4 nitrogen and oxygen atoms in total. The molecule has 0 fully saturated rings. The van der Waals surface area contributed by atoms with Crippen LogP contribution in [-0.2, 0) is 6.42 Å². The molecule has 0 spiro atoms. The van der Waals surface area contributed by atoms with Crippen LogP contribution in [0.1, 0.15) is 23.0 Å². The molecule has 1 amide bonds. The van der Waals surface area contributed by atoms with Crippen molar-refractivity contribution in [1.29, 1.82) is 0 Å². The van der Waals surface area contributed by atoms with Crippen LogP contribution in [0.5, 0.6) is 0 Å². The molecule has 0 unspecified atom stereocenters. The molecule has 0 radical (unpaired) electrons. The maximum Gasteiger partial charge on any atom is 0.277 e. The van der Waals surface area contributed by atoms with Crippen molar-refractivity contribution in [1.82, 2.24) is 9.59 Å². The third-order valence-electron chi connectivity index (χ3n) is 2.21. The largest absolute Gasteiger partial charge is 0.321 e. The SMILES string of the molecule is CCc1ccc(NC(=O)c2csnn2)cc1. The molecule has 5 heteroatoms. The normalized spacial score (nSPS) is 10.1. The highest BCUT2D eigenvalue weighted by Crippen LogP contribution is 2.11. The fraction of sp³-hybridized carbons (Fsp3) is 0.182. The zero-order chi connectivity index (χ0) is 11.4. The summed E-state index contributed by atoms with van der Waals surface area (Å²) in [7, 11) is 0. The summed E-state index contributed by atoms with van der Waals surface area (Å²) in [6.45, 7) is 2.09. The molecule has 1 heterocycles. The maximum atomic E-state index is 11.6. The Labute approximate surface area is 97.5 Å². The van der Waals surface area contributed by atoms with Crippen LogP contribution in [0.3, 0.4) is 0 Å². The van der Waals surface area contributed by atoms with Crippen LogP contribution in [0.15, 0.2) is 29.6 Å². The van der Waals surface area contributed by atoms with Crippen LogP contribution in [-0.4, -0.2) is 15.5 Å². The Morgan fingerprint density at radius 3 is 2.69 bits per heavy atom. The number of anilines is 1. The Bertz CT molecular complexity index is 464. The number of amides is 1. The molecule has 2 aromatic rings. The zero-order valence-electron chi connectivity index (χ0n) is 8.80. The van der Waals surface area contributed by atoms with Crippen LogP contribution in [0, 0.1) is 0 Å². The molecule has 1 aromatic carbocycles. The van der Waals surface area contributed by atoms with Gasteiger partial charge in [-0.25, -0.2) is 0 Å². The van der Waals surface area contributed by atoms with E-state index in [2.05, 4.69) is 21.8 Å². The van der Waals surface area contributed by atoms with Crippen LogP contribution < -0.4 is 5.32 Å². The topological polar surface area (TPSA) is 54.9 Å². The molecular weight excluding hydrogens is 222 g/mol. The van der Waals surface area contributed by atoms with E-state index < -0.39 is 0 Å². The van der Waals surface area contributed by atoms with Gasteiger partial charge >= 0.3 is 0 Å². The van der Waals surface area contributed by atoms with Crippen LogP contribution in [0.25, 0.3) is 0 Å². The van der Waals surface area contributed by atoms with Gasteiger partial charge in [0.05, 0.1) is 0 Å². The average Bonchev–Trinajstić information content (AvgIpc) is 2.83. The van der Waals surface area contributed by atoms with Gasteiger partial charge in [-0.3, -0.25) is 4.79 Å².